The van der Waals surface area contributed by atoms with Crippen LogP contribution in [0.5, 0.6) is 11.8 Å². The Balaban J connectivity index is 2.42. The van der Waals surface area contributed by atoms with Crippen LogP contribution in [-0.4, -0.2) is 33.1 Å². The summed E-state index contributed by atoms with van der Waals surface area (Å²) in [7, 11) is 1.38. The Labute approximate surface area is 140 Å². The Hall–Kier alpha value is -2.96. The first-order valence-electron chi connectivity index (χ1n) is 7.26. The maximum Gasteiger partial charge on any atom is 0.339 e. The van der Waals surface area contributed by atoms with Crippen molar-refractivity contribution in [2.75, 3.05) is 7.11 Å². The maximum absolute atomic E-state index is 11.4. The van der Waals surface area contributed by atoms with E-state index in [1.54, 1.807) is 24.3 Å². The second-order valence-corrected chi connectivity index (χ2v) is 6.01. The molecule has 0 fully saturated rings. The van der Waals surface area contributed by atoms with Crippen LogP contribution in [0.25, 0.3) is 5.57 Å². The van der Waals surface area contributed by atoms with Crippen molar-refractivity contribution in [2.24, 2.45) is 0 Å². The molecule has 24 heavy (non-hydrogen) atoms. The Bertz CT molecular complexity index is 766. The van der Waals surface area contributed by atoms with Crippen molar-refractivity contribution in [2.45, 2.75) is 26.2 Å². The molecule has 1 N–H and O–H groups in total. The van der Waals surface area contributed by atoms with E-state index in [2.05, 4.69) is 15.0 Å². The summed E-state index contributed by atoms with van der Waals surface area (Å²) in [6.07, 6.45) is 2.52. The smallest absolute Gasteiger partial charge is 0.339 e. The van der Waals surface area contributed by atoms with Crippen LogP contribution in [0.2, 0.25) is 0 Å². The summed E-state index contributed by atoms with van der Waals surface area (Å²) in [6.45, 7) is 5.93. The van der Waals surface area contributed by atoms with Crippen LogP contribution < -0.4 is 4.74 Å². The molecule has 1 aromatic heterocycles. The van der Waals surface area contributed by atoms with E-state index in [0.717, 1.165) is 6.26 Å². The minimum Gasteiger partial charge on any atom is -0.503 e. The van der Waals surface area contributed by atoms with Crippen molar-refractivity contribution in [3.63, 3.8) is 0 Å². The van der Waals surface area contributed by atoms with Gasteiger partial charge >= 0.3 is 12.0 Å². The summed E-state index contributed by atoms with van der Waals surface area (Å²) in [5.41, 5.74) is 0.0747. The number of ether oxygens (including phenoxy) is 2. The van der Waals surface area contributed by atoms with Gasteiger partial charge in [0.2, 0.25) is 0 Å². The van der Waals surface area contributed by atoms with Gasteiger partial charge < -0.3 is 14.6 Å². The molecule has 7 heteroatoms. The molecule has 2 rings (SSSR count). The lowest BCUT2D eigenvalue weighted by Crippen LogP contribution is -2.16. The number of para-hydroxylation sites is 1. The van der Waals surface area contributed by atoms with Crippen LogP contribution >= 0.6 is 0 Å². The highest BCUT2D eigenvalue weighted by Gasteiger charge is 2.20. The van der Waals surface area contributed by atoms with Crippen molar-refractivity contribution in [3.05, 3.63) is 48.2 Å². The minimum absolute atomic E-state index is 0.0294. The lowest BCUT2D eigenvalue weighted by atomic mass is 9.96. The third kappa shape index (κ3) is 4.07. The van der Waals surface area contributed by atoms with Gasteiger partial charge in [-0.25, -0.2) is 9.78 Å². The number of methoxy groups -OCH3 is 1. The highest BCUT2D eigenvalue weighted by molar-refractivity contribution is 6.15. The summed E-state index contributed by atoms with van der Waals surface area (Å²) in [5, 5.41) is 9.35. The van der Waals surface area contributed by atoms with Crippen molar-refractivity contribution in [1.29, 1.82) is 0 Å². The van der Waals surface area contributed by atoms with E-state index in [1.165, 1.54) is 13.4 Å². The Kier molecular flexibility index (Phi) is 5.13. The van der Waals surface area contributed by atoms with E-state index in [9.17, 15) is 9.90 Å². The Morgan fingerprint density at radius 3 is 2.54 bits per heavy atom. The molecule has 0 aliphatic rings. The fourth-order valence-electron chi connectivity index (χ4n) is 1.92. The van der Waals surface area contributed by atoms with Gasteiger partial charge in [-0.2, -0.15) is 9.97 Å². The van der Waals surface area contributed by atoms with E-state index in [4.69, 9.17) is 9.47 Å². The molecule has 0 unspecified atom stereocenters. The third-order valence-corrected chi connectivity index (χ3v) is 3.07. The van der Waals surface area contributed by atoms with Gasteiger partial charge in [0.25, 0.3) is 0 Å². The number of aromatic nitrogens is 3. The molecule has 0 amide bonds. The average molecular weight is 329 g/mol. The number of rotatable bonds is 5. The van der Waals surface area contributed by atoms with E-state index in [-0.39, 0.29) is 17.0 Å². The zero-order chi connectivity index (χ0) is 17.7. The average Bonchev–Trinajstić information content (AvgIpc) is 2.53. The quantitative estimate of drug-likeness (QED) is 0.665. The summed E-state index contributed by atoms with van der Waals surface area (Å²) in [4.78, 5) is 23.9. The molecular weight excluding hydrogens is 310 g/mol. The first kappa shape index (κ1) is 17.4. The number of aliphatic carboxylic acids is 1. The molecule has 0 aliphatic carbocycles. The molecule has 7 nitrogen and oxygen atoms in total. The van der Waals surface area contributed by atoms with Crippen LogP contribution in [0.3, 0.4) is 0 Å². The number of hydrogen-bond acceptors (Lipinski definition) is 6. The van der Waals surface area contributed by atoms with Crippen molar-refractivity contribution >= 4 is 11.5 Å². The van der Waals surface area contributed by atoms with Crippen molar-refractivity contribution < 1.29 is 19.4 Å². The van der Waals surface area contributed by atoms with Gasteiger partial charge in [-0.15, -0.1) is 0 Å². The maximum atomic E-state index is 11.4. The van der Waals surface area contributed by atoms with Crippen LogP contribution in [0.15, 0.2) is 36.9 Å². The molecule has 1 aromatic carbocycles. The zero-order valence-corrected chi connectivity index (χ0v) is 14.0. The second kappa shape index (κ2) is 7.08. The van der Waals surface area contributed by atoms with Gasteiger partial charge in [0.15, 0.2) is 0 Å². The Morgan fingerprint density at radius 1 is 1.21 bits per heavy atom. The fourth-order valence-corrected chi connectivity index (χ4v) is 1.92. The van der Waals surface area contributed by atoms with E-state index in [0.29, 0.717) is 17.1 Å². The SMILES string of the molecule is COC=C(C(=O)O)c1ccccc1Oc1ncnc(C(C)(C)C)n1. The number of benzene rings is 1. The lowest BCUT2D eigenvalue weighted by Gasteiger charge is -2.16. The largest absolute Gasteiger partial charge is 0.503 e. The number of carbonyl (C=O) groups is 1. The van der Waals surface area contributed by atoms with Crippen LogP contribution in [0.4, 0.5) is 0 Å². The molecule has 0 saturated heterocycles. The summed E-state index contributed by atoms with van der Waals surface area (Å²) >= 11 is 0. The molecule has 2 aromatic rings. The van der Waals surface area contributed by atoms with Crippen LogP contribution in [0.1, 0.15) is 32.2 Å². The molecule has 0 aliphatic heterocycles. The minimum atomic E-state index is -1.13. The van der Waals surface area contributed by atoms with Crippen molar-refractivity contribution in [3.8, 4) is 11.8 Å². The summed E-state index contributed by atoms with van der Waals surface area (Å²) in [5.74, 6) is -0.232. The van der Waals surface area contributed by atoms with E-state index in [1.807, 2.05) is 20.8 Å². The fraction of sp³-hybridized carbons (Fsp3) is 0.294. The molecule has 1 heterocycles. The van der Waals surface area contributed by atoms with E-state index < -0.39 is 5.97 Å². The standard InChI is InChI=1S/C17H19N3O4/c1-17(2,3)15-18-10-19-16(20-15)24-13-8-6-5-7-11(13)12(9-23-4)14(21)22/h5-10H,1-4H3,(H,21,22). The van der Waals surface area contributed by atoms with Crippen molar-refractivity contribution in [1.82, 2.24) is 15.0 Å². The van der Waals surface area contributed by atoms with Gasteiger partial charge in [0.05, 0.1) is 13.4 Å². The first-order chi connectivity index (χ1) is 11.3. The van der Waals surface area contributed by atoms with Crippen LogP contribution in [-0.2, 0) is 14.9 Å². The molecule has 126 valence electrons. The lowest BCUT2D eigenvalue weighted by molar-refractivity contribution is -0.130. The van der Waals surface area contributed by atoms with Gasteiger partial charge in [-0.1, -0.05) is 39.0 Å². The van der Waals surface area contributed by atoms with Crippen LogP contribution in [0, 0.1) is 0 Å². The zero-order valence-electron chi connectivity index (χ0n) is 14.0. The molecule has 0 spiro atoms. The highest BCUT2D eigenvalue weighted by Crippen LogP contribution is 2.29. The topological polar surface area (TPSA) is 94.4 Å². The van der Waals surface area contributed by atoms with Gasteiger partial charge in [-0.05, 0) is 6.07 Å². The predicted octanol–water partition coefficient (Wildman–Crippen LogP) is 3.03. The van der Waals surface area contributed by atoms with Gasteiger partial charge in [0, 0.05) is 11.0 Å². The highest BCUT2D eigenvalue weighted by atomic mass is 16.5. The summed E-state index contributed by atoms with van der Waals surface area (Å²) in [6, 6.07) is 6.81. The molecule has 0 atom stereocenters. The second-order valence-electron chi connectivity index (χ2n) is 6.01. The normalized spacial score (nSPS) is 11.9. The number of nitrogens with zero attached hydrogens (tertiary/aromatic N) is 3. The molecule has 0 bridgehead atoms. The number of carboxylic acids is 1. The van der Waals surface area contributed by atoms with Gasteiger partial charge in [0.1, 0.15) is 23.5 Å². The predicted molar refractivity (Wildman–Crippen MR) is 87.7 cm³/mol. The molecular formula is C17H19N3O4. The summed E-state index contributed by atoms with van der Waals surface area (Å²) < 4.78 is 10.5. The monoisotopic (exact) mass is 329 g/mol. The molecule has 0 saturated carbocycles. The number of hydrogen-bond donors (Lipinski definition) is 1. The third-order valence-electron chi connectivity index (χ3n) is 3.07. The molecule has 0 radical (unpaired) electrons. The van der Waals surface area contributed by atoms with Gasteiger partial charge in [-0.3, -0.25) is 0 Å². The van der Waals surface area contributed by atoms with E-state index >= 15 is 0 Å². The number of carboxylic acid groups (broad SMARTS) is 1. The Morgan fingerprint density at radius 2 is 1.92 bits per heavy atom. The first-order valence-corrected chi connectivity index (χ1v) is 7.26.